The van der Waals surface area contributed by atoms with E-state index in [0.717, 1.165) is 18.9 Å². The van der Waals surface area contributed by atoms with Crippen LogP contribution in [0, 0.1) is 11.6 Å². The van der Waals surface area contributed by atoms with Crippen molar-refractivity contribution in [2.75, 3.05) is 6.54 Å². The maximum atomic E-state index is 13.7. The maximum absolute atomic E-state index is 13.7. The summed E-state index contributed by atoms with van der Waals surface area (Å²) in [5.41, 5.74) is -0.0648. The van der Waals surface area contributed by atoms with Crippen LogP contribution in [0.15, 0.2) is 18.2 Å². The van der Waals surface area contributed by atoms with E-state index in [0.29, 0.717) is 18.7 Å². The van der Waals surface area contributed by atoms with Gasteiger partial charge in [0.1, 0.15) is 17.2 Å². The van der Waals surface area contributed by atoms with E-state index in [1.54, 1.807) is 4.90 Å². The number of piperidine rings is 1. The largest absolute Gasteiger partial charge is 0.444 e. The van der Waals surface area contributed by atoms with E-state index in [2.05, 4.69) is 5.32 Å². The Labute approximate surface area is 142 Å². The van der Waals surface area contributed by atoms with Crippen LogP contribution in [0.1, 0.15) is 46.1 Å². The van der Waals surface area contributed by atoms with Gasteiger partial charge in [-0.3, -0.25) is 0 Å². The lowest BCUT2D eigenvalue weighted by atomic mass is 9.98. The summed E-state index contributed by atoms with van der Waals surface area (Å²) in [7, 11) is 0. The number of ether oxygens (including phenoxy) is 1. The molecule has 0 saturated carbocycles. The van der Waals surface area contributed by atoms with Gasteiger partial charge < -0.3 is 15.0 Å². The molecule has 0 aliphatic carbocycles. The van der Waals surface area contributed by atoms with Crippen LogP contribution >= 0.6 is 0 Å². The fourth-order valence-electron chi connectivity index (χ4n) is 2.87. The molecule has 0 bridgehead atoms. The minimum absolute atomic E-state index is 0.0455. The van der Waals surface area contributed by atoms with Gasteiger partial charge in [-0.15, -0.1) is 0 Å². The van der Waals surface area contributed by atoms with E-state index in [9.17, 15) is 13.6 Å². The molecule has 0 spiro atoms. The van der Waals surface area contributed by atoms with Crippen LogP contribution in [0.3, 0.4) is 0 Å². The molecular weight excluding hydrogens is 314 g/mol. The van der Waals surface area contributed by atoms with E-state index in [-0.39, 0.29) is 18.2 Å². The fourth-order valence-corrected chi connectivity index (χ4v) is 2.87. The van der Waals surface area contributed by atoms with Crippen molar-refractivity contribution in [3.8, 4) is 0 Å². The van der Waals surface area contributed by atoms with Crippen molar-refractivity contribution >= 4 is 6.09 Å². The van der Waals surface area contributed by atoms with Crippen molar-refractivity contribution in [3.63, 3.8) is 0 Å². The van der Waals surface area contributed by atoms with Gasteiger partial charge in [-0.2, -0.15) is 0 Å². The van der Waals surface area contributed by atoms with Gasteiger partial charge in [-0.25, -0.2) is 13.6 Å². The zero-order valence-electron chi connectivity index (χ0n) is 14.7. The molecule has 1 N–H and O–H groups in total. The summed E-state index contributed by atoms with van der Waals surface area (Å²) in [5.74, 6) is -1.11. The Balaban J connectivity index is 1.85. The first kappa shape index (κ1) is 18.6. The number of hydrogen-bond acceptors (Lipinski definition) is 3. The number of nitrogens with one attached hydrogen (secondary N) is 1. The molecule has 1 saturated heterocycles. The van der Waals surface area contributed by atoms with Gasteiger partial charge in [-0.05, 0) is 46.6 Å². The summed E-state index contributed by atoms with van der Waals surface area (Å²) in [6, 6.07) is 3.84. The molecule has 2 rings (SSSR count). The summed E-state index contributed by atoms with van der Waals surface area (Å²) >= 11 is 0. The fraction of sp³-hybridized carbons (Fsp3) is 0.611. The Morgan fingerprint density at radius 1 is 1.38 bits per heavy atom. The Morgan fingerprint density at radius 2 is 2.08 bits per heavy atom. The molecule has 1 aromatic carbocycles. The van der Waals surface area contributed by atoms with Crippen LogP contribution < -0.4 is 5.32 Å². The number of rotatable bonds is 3. The van der Waals surface area contributed by atoms with E-state index in [1.165, 1.54) is 12.1 Å². The molecule has 24 heavy (non-hydrogen) atoms. The maximum Gasteiger partial charge on any atom is 0.410 e. The number of benzene rings is 1. The molecule has 2 atom stereocenters. The highest BCUT2D eigenvalue weighted by molar-refractivity contribution is 5.68. The van der Waals surface area contributed by atoms with Crippen LogP contribution in [-0.2, 0) is 11.3 Å². The van der Waals surface area contributed by atoms with Crippen LogP contribution in [0.5, 0.6) is 0 Å². The third-order valence-electron chi connectivity index (χ3n) is 4.10. The molecule has 2 unspecified atom stereocenters. The predicted octanol–water partition coefficient (Wildman–Crippen LogP) is 3.84. The van der Waals surface area contributed by atoms with Crippen LogP contribution in [-0.4, -0.2) is 35.2 Å². The molecule has 1 aromatic rings. The van der Waals surface area contributed by atoms with Crippen LogP contribution in [0.4, 0.5) is 13.6 Å². The first-order valence-electron chi connectivity index (χ1n) is 8.32. The van der Waals surface area contributed by atoms with Gasteiger partial charge in [0.15, 0.2) is 0 Å². The normalized spacial score (nSPS) is 21.7. The zero-order chi connectivity index (χ0) is 17.9. The van der Waals surface area contributed by atoms with Gasteiger partial charge in [0.05, 0.1) is 0 Å². The number of nitrogens with zero attached hydrogens (tertiary/aromatic N) is 1. The lowest BCUT2D eigenvalue weighted by Crippen LogP contribution is -2.50. The first-order chi connectivity index (χ1) is 11.2. The van der Waals surface area contributed by atoms with E-state index < -0.39 is 17.2 Å². The van der Waals surface area contributed by atoms with Crippen molar-refractivity contribution in [1.29, 1.82) is 0 Å². The van der Waals surface area contributed by atoms with Crippen LogP contribution in [0.2, 0.25) is 0 Å². The summed E-state index contributed by atoms with van der Waals surface area (Å²) in [4.78, 5) is 13.9. The van der Waals surface area contributed by atoms with Crippen molar-refractivity contribution in [3.05, 3.63) is 35.4 Å². The second-order valence-corrected chi connectivity index (χ2v) is 7.36. The highest BCUT2D eigenvalue weighted by Gasteiger charge is 2.31. The molecule has 1 aliphatic rings. The number of halogens is 2. The van der Waals surface area contributed by atoms with E-state index in [1.807, 2.05) is 27.7 Å². The molecule has 1 amide bonds. The van der Waals surface area contributed by atoms with Crippen molar-refractivity contribution < 1.29 is 18.3 Å². The quantitative estimate of drug-likeness (QED) is 0.909. The number of likely N-dealkylation sites (tertiary alicyclic amines) is 1. The highest BCUT2D eigenvalue weighted by atomic mass is 19.1. The second kappa shape index (κ2) is 7.47. The topological polar surface area (TPSA) is 41.6 Å². The molecule has 4 nitrogen and oxygen atoms in total. The van der Waals surface area contributed by atoms with Crippen molar-refractivity contribution in [2.24, 2.45) is 0 Å². The Hall–Kier alpha value is -1.69. The Bertz CT molecular complexity index is 587. The van der Waals surface area contributed by atoms with Gasteiger partial charge in [0.25, 0.3) is 0 Å². The van der Waals surface area contributed by atoms with E-state index in [4.69, 9.17) is 4.74 Å². The summed E-state index contributed by atoms with van der Waals surface area (Å²) in [5, 5.41) is 3.30. The third-order valence-corrected chi connectivity index (χ3v) is 4.10. The lowest BCUT2D eigenvalue weighted by Gasteiger charge is -2.38. The molecular formula is C18H26F2N2O2. The monoisotopic (exact) mass is 340 g/mol. The molecule has 1 heterocycles. The van der Waals surface area contributed by atoms with Gasteiger partial charge in [0.2, 0.25) is 0 Å². The number of amides is 1. The van der Waals surface area contributed by atoms with Crippen LogP contribution in [0.25, 0.3) is 0 Å². The van der Waals surface area contributed by atoms with E-state index >= 15 is 0 Å². The standard InChI is InChI=1S/C18H26F2N2O2/c1-12-9-15(7-8-22(12)17(23)24-18(2,3)4)21-11-13-5-6-14(19)10-16(13)20/h5-6,10,12,15,21H,7-9,11H2,1-4H3. The predicted molar refractivity (Wildman–Crippen MR) is 88.6 cm³/mol. The summed E-state index contributed by atoms with van der Waals surface area (Å²) in [6.07, 6.45) is 1.24. The minimum Gasteiger partial charge on any atom is -0.444 e. The number of hydrogen-bond donors (Lipinski definition) is 1. The minimum atomic E-state index is -0.574. The first-order valence-corrected chi connectivity index (χ1v) is 8.32. The van der Waals surface area contributed by atoms with Crippen molar-refractivity contribution in [1.82, 2.24) is 10.2 Å². The molecule has 0 aromatic heterocycles. The second-order valence-electron chi connectivity index (χ2n) is 7.36. The molecule has 0 radical (unpaired) electrons. The van der Waals surface area contributed by atoms with Gasteiger partial charge in [0, 0.05) is 36.8 Å². The number of carbonyl (C=O) groups excluding carboxylic acids is 1. The Kier molecular flexibility index (Phi) is 5.80. The van der Waals surface area contributed by atoms with Crippen molar-refractivity contribution in [2.45, 2.75) is 64.8 Å². The SMILES string of the molecule is CC1CC(NCc2ccc(F)cc2F)CCN1C(=O)OC(C)(C)C. The van der Waals surface area contributed by atoms with Gasteiger partial charge >= 0.3 is 6.09 Å². The summed E-state index contributed by atoms with van der Waals surface area (Å²) < 4.78 is 32.0. The average Bonchev–Trinajstić information content (AvgIpc) is 2.44. The average molecular weight is 340 g/mol. The van der Waals surface area contributed by atoms with Gasteiger partial charge in [-0.1, -0.05) is 6.07 Å². The Morgan fingerprint density at radius 3 is 2.67 bits per heavy atom. The molecule has 134 valence electrons. The highest BCUT2D eigenvalue weighted by Crippen LogP contribution is 2.21. The molecule has 1 fully saturated rings. The molecule has 1 aliphatic heterocycles. The third kappa shape index (κ3) is 5.16. The summed E-state index contributed by atoms with van der Waals surface area (Å²) in [6.45, 7) is 8.47. The lowest BCUT2D eigenvalue weighted by molar-refractivity contribution is 0.00932. The molecule has 6 heteroatoms. The smallest absolute Gasteiger partial charge is 0.410 e. The zero-order valence-corrected chi connectivity index (χ0v) is 14.7. The number of carbonyl (C=O) groups is 1.